The van der Waals surface area contributed by atoms with E-state index >= 15 is 0 Å². The van der Waals surface area contributed by atoms with Crippen molar-refractivity contribution in [2.24, 2.45) is 17.8 Å². The van der Waals surface area contributed by atoms with Gasteiger partial charge in [0.25, 0.3) is 0 Å². The van der Waals surface area contributed by atoms with E-state index in [2.05, 4.69) is 20.8 Å². The fourth-order valence-corrected chi connectivity index (χ4v) is 3.48. The SMILES string of the molecule is CCCCCCCCCC(O)C1CCC(C)C(C)C1. The molecular weight excluding hydrogens is 232 g/mol. The molecule has 1 saturated carbocycles. The van der Waals surface area contributed by atoms with Crippen LogP contribution >= 0.6 is 0 Å². The van der Waals surface area contributed by atoms with E-state index in [1.807, 2.05) is 0 Å². The highest BCUT2D eigenvalue weighted by molar-refractivity contribution is 4.79. The lowest BCUT2D eigenvalue weighted by molar-refractivity contribution is 0.0489. The van der Waals surface area contributed by atoms with Crippen molar-refractivity contribution >= 4 is 0 Å². The molecule has 0 amide bonds. The summed E-state index contributed by atoms with van der Waals surface area (Å²) in [6, 6.07) is 0. The first-order chi connectivity index (χ1) is 9.15. The molecule has 1 aliphatic rings. The van der Waals surface area contributed by atoms with E-state index in [9.17, 15) is 5.11 Å². The van der Waals surface area contributed by atoms with Crippen LogP contribution < -0.4 is 0 Å². The minimum Gasteiger partial charge on any atom is -0.393 e. The van der Waals surface area contributed by atoms with Crippen molar-refractivity contribution < 1.29 is 5.11 Å². The van der Waals surface area contributed by atoms with Gasteiger partial charge >= 0.3 is 0 Å². The number of aliphatic hydroxyl groups is 1. The monoisotopic (exact) mass is 268 g/mol. The zero-order chi connectivity index (χ0) is 14.1. The smallest absolute Gasteiger partial charge is 0.0568 e. The summed E-state index contributed by atoms with van der Waals surface area (Å²) in [5.74, 6) is 2.26. The molecule has 1 aliphatic carbocycles. The highest BCUT2D eigenvalue weighted by atomic mass is 16.3. The number of hydrogen-bond acceptors (Lipinski definition) is 1. The third-order valence-electron chi connectivity index (χ3n) is 5.29. The molecule has 4 atom stereocenters. The Morgan fingerprint density at radius 1 is 0.895 bits per heavy atom. The molecule has 1 rings (SSSR count). The molecule has 0 radical (unpaired) electrons. The van der Waals surface area contributed by atoms with Gasteiger partial charge in [-0.05, 0) is 37.0 Å². The normalized spacial score (nSPS) is 29.4. The Morgan fingerprint density at radius 2 is 1.53 bits per heavy atom. The van der Waals surface area contributed by atoms with Crippen LogP contribution in [0.15, 0.2) is 0 Å². The summed E-state index contributed by atoms with van der Waals surface area (Å²) < 4.78 is 0. The van der Waals surface area contributed by atoms with Gasteiger partial charge in [0.15, 0.2) is 0 Å². The van der Waals surface area contributed by atoms with Crippen LogP contribution in [0.1, 0.15) is 91.4 Å². The van der Waals surface area contributed by atoms with E-state index in [0.717, 1.165) is 18.3 Å². The summed E-state index contributed by atoms with van der Waals surface area (Å²) in [5.41, 5.74) is 0. The van der Waals surface area contributed by atoms with E-state index in [1.165, 1.54) is 64.2 Å². The average Bonchev–Trinajstić information content (AvgIpc) is 2.40. The second-order valence-electron chi connectivity index (χ2n) is 7.01. The van der Waals surface area contributed by atoms with Gasteiger partial charge in [0.1, 0.15) is 0 Å². The maximum Gasteiger partial charge on any atom is 0.0568 e. The predicted octanol–water partition coefficient (Wildman–Crippen LogP) is 5.56. The molecule has 4 unspecified atom stereocenters. The molecule has 1 fully saturated rings. The Hall–Kier alpha value is -0.0400. The van der Waals surface area contributed by atoms with Crippen LogP contribution in [0, 0.1) is 17.8 Å². The van der Waals surface area contributed by atoms with Gasteiger partial charge in [-0.1, -0.05) is 72.1 Å². The molecular formula is C18H36O. The summed E-state index contributed by atoms with van der Waals surface area (Å²) >= 11 is 0. The van der Waals surface area contributed by atoms with Gasteiger partial charge in [-0.25, -0.2) is 0 Å². The Kier molecular flexibility index (Phi) is 8.77. The second-order valence-corrected chi connectivity index (χ2v) is 7.01. The molecule has 1 N–H and O–H groups in total. The van der Waals surface area contributed by atoms with Crippen LogP contribution in [0.25, 0.3) is 0 Å². The molecule has 0 saturated heterocycles. The molecule has 0 spiro atoms. The maximum absolute atomic E-state index is 10.3. The van der Waals surface area contributed by atoms with Gasteiger partial charge in [-0.3, -0.25) is 0 Å². The van der Waals surface area contributed by atoms with E-state index in [4.69, 9.17) is 0 Å². The van der Waals surface area contributed by atoms with Crippen molar-refractivity contribution in [2.75, 3.05) is 0 Å². The van der Waals surface area contributed by atoms with E-state index in [0.29, 0.717) is 5.92 Å². The highest BCUT2D eigenvalue weighted by Crippen LogP contribution is 2.36. The molecule has 1 heteroatoms. The van der Waals surface area contributed by atoms with Crippen LogP contribution in [0.3, 0.4) is 0 Å². The summed E-state index contributed by atoms with van der Waals surface area (Å²) in [7, 11) is 0. The molecule has 0 aromatic heterocycles. The molecule has 0 aromatic rings. The van der Waals surface area contributed by atoms with Crippen molar-refractivity contribution in [3.63, 3.8) is 0 Å². The van der Waals surface area contributed by atoms with E-state index in [-0.39, 0.29) is 6.10 Å². The maximum atomic E-state index is 10.3. The van der Waals surface area contributed by atoms with Gasteiger partial charge in [0, 0.05) is 0 Å². The zero-order valence-corrected chi connectivity index (χ0v) is 13.5. The Bertz CT molecular complexity index is 214. The van der Waals surface area contributed by atoms with Gasteiger partial charge in [-0.15, -0.1) is 0 Å². The number of unbranched alkanes of at least 4 members (excludes halogenated alkanes) is 6. The average molecular weight is 268 g/mol. The Balaban J connectivity index is 2.03. The summed E-state index contributed by atoms with van der Waals surface area (Å²) in [5, 5.41) is 10.3. The summed E-state index contributed by atoms with van der Waals surface area (Å²) in [6.45, 7) is 6.99. The Labute approximate surface area is 121 Å². The highest BCUT2D eigenvalue weighted by Gasteiger charge is 2.28. The quantitative estimate of drug-likeness (QED) is 0.543. The van der Waals surface area contributed by atoms with Crippen LogP contribution in [0.4, 0.5) is 0 Å². The third-order valence-corrected chi connectivity index (χ3v) is 5.29. The van der Waals surface area contributed by atoms with E-state index in [1.54, 1.807) is 0 Å². The lowest BCUT2D eigenvalue weighted by atomic mass is 9.73. The van der Waals surface area contributed by atoms with Gasteiger partial charge < -0.3 is 5.11 Å². The lowest BCUT2D eigenvalue weighted by Gasteiger charge is -2.34. The number of aliphatic hydroxyl groups excluding tert-OH is 1. The minimum absolute atomic E-state index is 0.0226. The van der Waals surface area contributed by atoms with Crippen molar-refractivity contribution in [2.45, 2.75) is 97.5 Å². The van der Waals surface area contributed by atoms with E-state index < -0.39 is 0 Å². The van der Waals surface area contributed by atoms with Crippen LogP contribution in [-0.2, 0) is 0 Å². The summed E-state index contributed by atoms with van der Waals surface area (Å²) in [4.78, 5) is 0. The van der Waals surface area contributed by atoms with Gasteiger partial charge in [0.2, 0.25) is 0 Å². The molecule has 19 heavy (non-hydrogen) atoms. The topological polar surface area (TPSA) is 20.2 Å². The number of hydrogen-bond donors (Lipinski definition) is 1. The molecule has 114 valence electrons. The predicted molar refractivity (Wildman–Crippen MR) is 84.3 cm³/mol. The third kappa shape index (κ3) is 6.79. The van der Waals surface area contributed by atoms with Crippen molar-refractivity contribution in [1.82, 2.24) is 0 Å². The van der Waals surface area contributed by atoms with Crippen LogP contribution in [-0.4, -0.2) is 11.2 Å². The largest absolute Gasteiger partial charge is 0.393 e. The first kappa shape index (κ1) is 17.0. The fourth-order valence-electron chi connectivity index (χ4n) is 3.48. The van der Waals surface area contributed by atoms with Gasteiger partial charge in [0.05, 0.1) is 6.10 Å². The zero-order valence-electron chi connectivity index (χ0n) is 13.5. The minimum atomic E-state index is -0.0226. The second kappa shape index (κ2) is 9.80. The molecule has 0 aromatic carbocycles. The first-order valence-corrected chi connectivity index (χ1v) is 8.83. The van der Waals surface area contributed by atoms with Crippen LogP contribution in [0.2, 0.25) is 0 Å². The standard InChI is InChI=1S/C18H36O/c1-4-5-6-7-8-9-10-11-18(19)17-13-12-15(2)16(3)14-17/h15-19H,4-14H2,1-3H3. The summed E-state index contributed by atoms with van der Waals surface area (Å²) in [6.07, 6.45) is 14.3. The van der Waals surface area contributed by atoms with Crippen molar-refractivity contribution in [3.8, 4) is 0 Å². The first-order valence-electron chi connectivity index (χ1n) is 8.83. The Morgan fingerprint density at radius 3 is 2.16 bits per heavy atom. The van der Waals surface area contributed by atoms with Gasteiger partial charge in [-0.2, -0.15) is 0 Å². The van der Waals surface area contributed by atoms with Crippen molar-refractivity contribution in [1.29, 1.82) is 0 Å². The number of rotatable bonds is 9. The van der Waals surface area contributed by atoms with Crippen LogP contribution in [0.5, 0.6) is 0 Å². The lowest BCUT2D eigenvalue weighted by Crippen LogP contribution is -2.29. The fraction of sp³-hybridized carbons (Fsp3) is 1.00. The molecule has 1 nitrogen and oxygen atoms in total. The molecule has 0 aliphatic heterocycles. The molecule has 0 heterocycles. The molecule has 0 bridgehead atoms. The van der Waals surface area contributed by atoms with Crippen molar-refractivity contribution in [3.05, 3.63) is 0 Å².